The predicted molar refractivity (Wildman–Crippen MR) is 102 cm³/mol. The number of benzene rings is 1. The van der Waals surface area contributed by atoms with Crippen LogP contribution < -0.4 is 10.5 Å². The molecular formula is C19H28N2O5S. The van der Waals surface area contributed by atoms with Gasteiger partial charge in [-0.3, -0.25) is 9.59 Å². The average molecular weight is 397 g/mol. The molecule has 0 radical (unpaired) electrons. The fraction of sp³-hybridized carbons (Fsp3) is 0.579. The lowest BCUT2D eigenvalue weighted by Gasteiger charge is -2.21. The number of nitrogens with two attached hydrogens (primary N) is 1. The van der Waals surface area contributed by atoms with Gasteiger partial charge in [0.25, 0.3) is 5.91 Å². The standard InChI is InChI=1S/C19H28N2O5S/c1-14(26-18(22)9-5-8-15-6-3-2-4-7-15)19(23)21-16-10-12-17(13-11-16)27(20,24)25/h10-15H,2-9H2,1H3,(H,21,23)(H2,20,24,25)/t14-/m1/s1. The fourth-order valence-corrected chi connectivity index (χ4v) is 3.81. The van der Waals surface area contributed by atoms with E-state index in [-0.39, 0.29) is 10.9 Å². The van der Waals surface area contributed by atoms with E-state index >= 15 is 0 Å². The van der Waals surface area contributed by atoms with Crippen molar-refractivity contribution in [3.63, 3.8) is 0 Å². The zero-order chi connectivity index (χ0) is 19.9. The monoisotopic (exact) mass is 396 g/mol. The van der Waals surface area contributed by atoms with E-state index in [0.717, 1.165) is 12.8 Å². The minimum atomic E-state index is -3.78. The topological polar surface area (TPSA) is 116 Å². The summed E-state index contributed by atoms with van der Waals surface area (Å²) in [6, 6.07) is 5.45. The highest BCUT2D eigenvalue weighted by Crippen LogP contribution is 2.27. The second-order valence-corrected chi connectivity index (χ2v) is 8.65. The zero-order valence-corrected chi connectivity index (χ0v) is 16.5. The minimum Gasteiger partial charge on any atom is -0.453 e. The molecule has 150 valence electrons. The van der Waals surface area contributed by atoms with Gasteiger partial charge in [0.1, 0.15) is 0 Å². The van der Waals surface area contributed by atoms with Gasteiger partial charge < -0.3 is 10.1 Å². The van der Waals surface area contributed by atoms with Crippen molar-refractivity contribution in [2.45, 2.75) is 69.3 Å². The van der Waals surface area contributed by atoms with Crippen molar-refractivity contribution in [3.05, 3.63) is 24.3 Å². The van der Waals surface area contributed by atoms with Gasteiger partial charge in [-0.1, -0.05) is 32.1 Å². The van der Waals surface area contributed by atoms with Crippen LogP contribution in [0.1, 0.15) is 58.3 Å². The largest absolute Gasteiger partial charge is 0.453 e. The molecule has 0 saturated heterocycles. The summed E-state index contributed by atoms with van der Waals surface area (Å²) in [5.41, 5.74) is 0.396. The van der Waals surface area contributed by atoms with Gasteiger partial charge in [-0.15, -0.1) is 0 Å². The number of rotatable bonds is 8. The summed E-state index contributed by atoms with van der Waals surface area (Å²) in [6.07, 6.45) is 7.59. The normalized spacial score (nSPS) is 16.5. The molecule has 8 heteroatoms. The molecule has 27 heavy (non-hydrogen) atoms. The number of hydrogen-bond acceptors (Lipinski definition) is 5. The smallest absolute Gasteiger partial charge is 0.306 e. The number of hydrogen-bond donors (Lipinski definition) is 2. The van der Waals surface area contributed by atoms with Crippen molar-refractivity contribution in [2.75, 3.05) is 5.32 Å². The third-order valence-corrected chi connectivity index (χ3v) is 5.78. The van der Waals surface area contributed by atoms with E-state index in [9.17, 15) is 18.0 Å². The predicted octanol–water partition coefficient (Wildman–Crippen LogP) is 2.95. The molecule has 0 unspecified atom stereocenters. The highest BCUT2D eigenvalue weighted by Gasteiger charge is 2.19. The van der Waals surface area contributed by atoms with Gasteiger partial charge in [0, 0.05) is 12.1 Å². The van der Waals surface area contributed by atoms with Gasteiger partial charge in [-0.05, 0) is 49.9 Å². The number of sulfonamides is 1. The summed E-state index contributed by atoms with van der Waals surface area (Å²) in [5, 5.41) is 7.61. The molecule has 0 aliphatic heterocycles. The summed E-state index contributed by atoms with van der Waals surface area (Å²) in [7, 11) is -3.78. The first-order valence-electron chi connectivity index (χ1n) is 9.39. The lowest BCUT2D eigenvalue weighted by Crippen LogP contribution is -2.30. The Labute approximate surface area is 160 Å². The van der Waals surface area contributed by atoms with Crippen molar-refractivity contribution in [1.29, 1.82) is 0 Å². The number of carbonyl (C=O) groups is 2. The molecule has 1 atom stereocenters. The van der Waals surface area contributed by atoms with E-state index in [1.165, 1.54) is 63.3 Å². The van der Waals surface area contributed by atoms with Crippen molar-refractivity contribution in [3.8, 4) is 0 Å². The Bertz CT molecular complexity index is 740. The van der Waals surface area contributed by atoms with Gasteiger partial charge in [0.2, 0.25) is 10.0 Å². The van der Waals surface area contributed by atoms with Gasteiger partial charge in [-0.25, -0.2) is 13.6 Å². The molecule has 1 aliphatic rings. The molecule has 1 aromatic rings. The van der Waals surface area contributed by atoms with Crippen LogP contribution in [0, 0.1) is 5.92 Å². The number of esters is 1. The van der Waals surface area contributed by atoms with Crippen molar-refractivity contribution < 1.29 is 22.7 Å². The van der Waals surface area contributed by atoms with Crippen LogP contribution >= 0.6 is 0 Å². The molecule has 7 nitrogen and oxygen atoms in total. The number of amides is 1. The molecular weight excluding hydrogens is 368 g/mol. The van der Waals surface area contributed by atoms with Crippen LogP contribution in [0.2, 0.25) is 0 Å². The quantitative estimate of drug-likeness (QED) is 0.656. The summed E-state index contributed by atoms with van der Waals surface area (Å²) in [6.45, 7) is 1.51. The molecule has 1 fully saturated rings. The second kappa shape index (κ2) is 9.85. The molecule has 2 rings (SSSR count). The van der Waals surface area contributed by atoms with Crippen molar-refractivity contribution in [1.82, 2.24) is 0 Å². The van der Waals surface area contributed by atoms with Crippen LogP contribution in [-0.4, -0.2) is 26.4 Å². The number of primary sulfonamides is 1. The Kier molecular flexibility index (Phi) is 7.79. The molecule has 0 spiro atoms. The fourth-order valence-electron chi connectivity index (χ4n) is 3.29. The van der Waals surface area contributed by atoms with E-state index in [0.29, 0.717) is 18.0 Å². The summed E-state index contributed by atoms with van der Waals surface area (Å²) in [4.78, 5) is 24.0. The van der Waals surface area contributed by atoms with Crippen molar-refractivity contribution >= 4 is 27.6 Å². The van der Waals surface area contributed by atoms with E-state index in [1.54, 1.807) is 0 Å². The first-order chi connectivity index (χ1) is 12.8. The van der Waals surface area contributed by atoms with Crippen LogP contribution in [0.15, 0.2) is 29.2 Å². The Hall–Kier alpha value is -1.93. The first kappa shape index (κ1) is 21.4. The molecule has 1 amide bonds. The Balaban J connectivity index is 1.73. The van der Waals surface area contributed by atoms with E-state index in [2.05, 4.69) is 5.32 Å². The third-order valence-electron chi connectivity index (χ3n) is 4.85. The first-order valence-corrected chi connectivity index (χ1v) is 10.9. The lowest BCUT2D eigenvalue weighted by atomic mass is 9.86. The number of anilines is 1. The highest BCUT2D eigenvalue weighted by atomic mass is 32.2. The van der Waals surface area contributed by atoms with Crippen LogP contribution in [-0.2, 0) is 24.3 Å². The SMILES string of the molecule is C[C@@H](OC(=O)CCCC1CCCCC1)C(=O)Nc1ccc(S(N)(=O)=O)cc1. The van der Waals surface area contributed by atoms with Gasteiger partial charge in [0.05, 0.1) is 4.90 Å². The zero-order valence-electron chi connectivity index (χ0n) is 15.6. The summed E-state index contributed by atoms with van der Waals surface area (Å²) < 4.78 is 27.6. The molecule has 3 N–H and O–H groups in total. The molecule has 1 saturated carbocycles. The number of carbonyl (C=O) groups excluding carboxylic acids is 2. The minimum absolute atomic E-state index is 0.0436. The molecule has 1 aromatic carbocycles. The second-order valence-electron chi connectivity index (χ2n) is 7.09. The van der Waals surface area contributed by atoms with E-state index in [4.69, 9.17) is 9.88 Å². The van der Waals surface area contributed by atoms with Gasteiger partial charge in [-0.2, -0.15) is 0 Å². The Morgan fingerprint density at radius 2 is 1.81 bits per heavy atom. The maximum atomic E-state index is 12.1. The maximum Gasteiger partial charge on any atom is 0.306 e. The van der Waals surface area contributed by atoms with Gasteiger partial charge in [0.15, 0.2) is 6.10 Å². The van der Waals surface area contributed by atoms with Crippen LogP contribution in [0.4, 0.5) is 5.69 Å². The molecule has 1 aliphatic carbocycles. The molecule has 0 heterocycles. The molecule has 0 bridgehead atoms. The van der Waals surface area contributed by atoms with Crippen molar-refractivity contribution in [2.24, 2.45) is 11.1 Å². The van der Waals surface area contributed by atoms with Crippen LogP contribution in [0.25, 0.3) is 0 Å². The summed E-state index contributed by atoms with van der Waals surface area (Å²) in [5.74, 6) is -0.135. The van der Waals surface area contributed by atoms with Crippen LogP contribution in [0.5, 0.6) is 0 Å². The van der Waals surface area contributed by atoms with E-state index in [1.807, 2.05) is 0 Å². The maximum absolute atomic E-state index is 12.1. The highest BCUT2D eigenvalue weighted by molar-refractivity contribution is 7.89. The third kappa shape index (κ3) is 7.30. The Morgan fingerprint density at radius 1 is 1.19 bits per heavy atom. The van der Waals surface area contributed by atoms with Gasteiger partial charge >= 0.3 is 5.97 Å². The summed E-state index contributed by atoms with van der Waals surface area (Å²) >= 11 is 0. The number of nitrogens with one attached hydrogen (secondary N) is 1. The van der Waals surface area contributed by atoms with E-state index < -0.39 is 22.0 Å². The molecule has 0 aromatic heterocycles. The average Bonchev–Trinajstić information content (AvgIpc) is 2.62. The number of ether oxygens (including phenoxy) is 1. The Morgan fingerprint density at radius 3 is 2.41 bits per heavy atom. The van der Waals surface area contributed by atoms with Crippen LogP contribution in [0.3, 0.4) is 0 Å². The lowest BCUT2D eigenvalue weighted by molar-refractivity contribution is -0.153.